The highest BCUT2D eigenvalue weighted by molar-refractivity contribution is 7.90. The molecule has 0 saturated carbocycles. The fraction of sp³-hybridized carbons (Fsp3) is 1.00. The lowest BCUT2D eigenvalue weighted by atomic mass is 9.40. The van der Waals surface area contributed by atoms with Crippen LogP contribution < -0.4 is 4.72 Å². The van der Waals surface area contributed by atoms with E-state index in [4.69, 9.17) is 0 Å². The third-order valence-corrected chi connectivity index (χ3v) is 10.2. The quantitative estimate of drug-likeness (QED) is 0.409. The molecule has 3 unspecified atom stereocenters. The molecule has 0 bridgehead atoms. The molecule has 3 atom stereocenters. The Kier molecular flexibility index (Phi) is 8.46. The molecule has 1 N–H and O–H groups in total. The van der Waals surface area contributed by atoms with E-state index in [2.05, 4.69) is 129 Å². The van der Waals surface area contributed by atoms with E-state index in [1.54, 1.807) is 0 Å². The predicted octanol–water partition coefficient (Wildman–Crippen LogP) is 9.08. The lowest BCUT2D eigenvalue weighted by Crippen LogP contribution is -2.79. The van der Waals surface area contributed by atoms with Crippen molar-refractivity contribution >= 4 is 10.0 Å². The molecular weight excluding hydrogens is 450 g/mol. The summed E-state index contributed by atoms with van der Waals surface area (Å²) in [4.78, 5) is 0. The van der Waals surface area contributed by atoms with Gasteiger partial charge in [0.15, 0.2) is 0 Å². The van der Waals surface area contributed by atoms with Gasteiger partial charge in [-0.3, -0.25) is 0 Å². The van der Waals surface area contributed by atoms with E-state index < -0.39 is 26.2 Å². The molecule has 4 heteroatoms. The first-order chi connectivity index (χ1) is 14.8. The third-order valence-electron chi connectivity index (χ3n) is 7.95. The average molecular weight is 514 g/mol. The van der Waals surface area contributed by atoms with Gasteiger partial charge in [-0.15, -0.1) is 0 Å². The number of hydrogen-bond acceptors (Lipinski definition) is 2. The Morgan fingerprint density at radius 3 is 1.14 bits per heavy atom. The largest absolute Gasteiger partial charge is 0.215 e. The van der Waals surface area contributed by atoms with Gasteiger partial charge in [0.1, 0.15) is 0 Å². The maximum Gasteiger partial charge on any atom is 0.215 e. The van der Waals surface area contributed by atoms with Crippen molar-refractivity contribution in [3.05, 3.63) is 0 Å². The van der Waals surface area contributed by atoms with Crippen LogP contribution in [-0.2, 0) is 10.0 Å². The molecule has 1 saturated heterocycles. The van der Waals surface area contributed by atoms with Crippen molar-refractivity contribution in [3.8, 4) is 0 Å². The van der Waals surface area contributed by atoms with Gasteiger partial charge >= 0.3 is 0 Å². The van der Waals surface area contributed by atoms with Crippen molar-refractivity contribution in [1.82, 2.24) is 4.72 Å². The maximum atomic E-state index is 14.5. The van der Waals surface area contributed by atoms with Crippen LogP contribution in [0, 0.1) is 43.8 Å². The van der Waals surface area contributed by atoms with Gasteiger partial charge in [-0.25, -0.2) is 13.1 Å². The van der Waals surface area contributed by atoms with Crippen LogP contribution in [0.4, 0.5) is 0 Å². The number of nitrogens with one attached hydrogen (secondary N) is 1. The summed E-state index contributed by atoms with van der Waals surface area (Å²) in [6, 6.07) is 0. The standard InChI is InChI=1S/C31H63NO2S/c1-24(2,3)19-30(20-25(4,5)6)22(27(10,11)12)23(28(13,14)15)35(33,34)32-31(30,29(16,17)18)21-26(7,8)9/h22-23,32H,19-21H2,1-18H3. The highest BCUT2D eigenvalue weighted by Crippen LogP contribution is 2.69. The highest BCUT2D eigenvalue weighted by atomic mass is 32.2. The smallest absolute Gasteiger partial charge is 0.212 e. The number of sulfonamides is 1. The highest BCUT2D eigenvalue weighted by Gasteiger charge is 2.72. The molecule has 1 aliphatic heterocycles. The molecule has 3 nitrogen and oxygen atoms in total. The van der Waals surface area contributed by atoms with Gasteiger partial charge in [0, 0.05) is 5.54 Å². The Balaban J connectivity index is 4.54. The van der Waals surface area contributed by atoms with Crippen molar-refractivity contribution in [3.63, 3.8) is 0 Å². The van der Waals surface area contributed by atoms with Gasteiger partial charge in [-0.05, 0) is 63.1 Å². The lowest BCUT2D eigenvalue weighted by Gasteiger charge is -2.71. The van der Waals surface area contributed by atoms with Crippen LogP contribution in [0.1, 0.15) is 144 Å². The molecule has 0 spiro atoms. The van der Waals surface area contributed by atoms with Crippen molar-refractivity contribution < 1.29 is 8.42 Å². The fourth-order valence-electron chi connectivity index (χ4n) is 8.04. The second-order valence-corrected chi connectivity index (χ2v) is 20.6. The minimum absolute atomic E-state index is 0.0127. The molecule has 0 aromatic rings. The summed E-state index contributed by atoms with van der Waals surface area (Å²) in [7, 11) is -3.61. The van der Waals surface area contributed by atoms with E-state index in [1.165, 1.54) is 0 Å². The third kappa shape index (κ3) is 7.06. The average Bonchev–Trinajstić information content (AvgIpc) is 2.41. The monoisotopic (exact) mass is 513 g/mol. The van der Waals surface area contributed by atoms with E-state index >= 15 is 0 Å². The lowest BCUT2D eigenvalue weighted by molar-refractivity contribution is -0.151. The summed E-state index contributed by atoms with van der Waals surface area (Å²) >= 11 is 0. The van der Waals surface area contributed by atoms with Crippen molar-refractivity contribution in [2.24, 2.45) is 43.8 Å². The molecule has 0 radical (unpaired) electrons. The molecule has 0 aliphatic carbocycles. The predicted molar refractivity (Wildman–Crippen MR) is 155 cm³/mol. The zero-order chi connectivity index (χ0) is 28.5. The van der Waals surface area contributed by atoms with E-state index in [0.29, 0.717) is 0 Å². The molecule has 1 aliphatic rings. The Labute approximate surface area is 221 Å². The van der Waals surface area contributed by atoms with Crippen LogP contribution >= 0.6 is 0 Å². The van der Waals surface area contributed by atoms with Crippen molar-refractivity contribution in [2.45, 2.75) is 155 Å². The first-order valence-corrected chi connectivity index (χ1v) is 15.4. The normalized spacial score (nSPS) is 28.7. The minimum Gasteiger partial charge on any atom is -0.212 e. The molecule has 1 heterocycles. The molecule has 0 amide bonds. The molecule has 210 valence electrons. The van der Waals surface area contributed by atoms with Gasteiger partial charge in [-0.1, -0.05) is 125 Å². The van der Waals surface area contributed by atoms with Crippen LogP contribution in [0.15, 0.2) is 0 Å². The topological polar surface area (TPSA) is 46.2 Å². The van der Waals surface area contributed by atoms with Crippen molar-refractivity contribution in [2.75, 3.05) is 0 Å². The summed E-state index contributed by atoms with van der Waals surface area (Å²) in [6.07, 6.45) is 2.75. The fourth-order valence-corrected chi connectivity index (χ4v) is 11.2. The maximum absolute atomic E-state index is 14.5. The van der Waals surface area contributed by atoms with E-state index in [1.807, 2.05) is 0 Å². The summed E-state index contributed by atoms with van der Waals surface area (Å²) < 4.78 is 32.7. The molecule has 35 heavy (non-hydrogen) atoms. The van der Waals surface area contributed by atoms with Gasteiger partial charge in [-0.2, -0.15) is 0 Å². The van der Waals surface area contributed by atoms with Gasteiger partial charge < -0.3 is 0 Å². The van der Waals surface area contributed by atoms with Crippen LogP contribution in [0.3, 0.4) is 0 Å². The van der Waals surface area contributed by atoms with E-state index in [-0.39, 0.29) is 38.4 Å². The van der Waals surface area contributed by atoms with Gasteiger partial charge in [0.05, 0.1) is 5.25 Å². The SMILES string of the molecule is CC(C)(C)CC1(CC(C)(C)C)C(C(C)(C)C)C(C(C)(C)C)S(=O)(=O)NC1(CC(C)(C)C)C(C)(C)C. The van der Waals surface area contributed by atoms with E-state index in [9.17, 15) is 8.42 Å². The van der Waals surface area contributed by atoms with Gasteiger partial charge in [0.2, 0.25) is 10.0 Å². The second-order valence-electron chi connectivity index (χ2n) is 18.8. The summed E-state index contributed by atoms with van der Waals surface area (Å²) in [5.74, 6) is -0.0127. The Morgan fingerprint density at radius 2 is 0.914 bits per heavy atom. The first kappa shape index (κ1) is 32.9. The molecule has 0 aromatic heterocycles. The van der Waals surface area contributed by atoms with Gasteiger partial charge in [0.25, 0.3) is 0 Å². The Hall–Kier alpha value is -0.0900. The summed E-state index contributed by atoms with van der Waals surface area (Å²) in [5, 5.41) is -0.477. The number of rotatable bonds is 3. The number of hydrogen-bond donors (Lipinski definition) is 1. The van der Waals surface area contributed by atoms with Crippen molar-refractivity contribution in [1.29, 1.82) is 0 Å². The first-order valence-electron chi connectivity index (χ1n) is 13.8. The Morgan fingerprint density at radius 1 is 0.571 bits per heavy atom. The molecular formula is C31H63NO2S. The molecule has 0 aromatic carbocycles. The van der Waals surface area contributed by atoms with Crippen LogP contribution in [0.5, 0.6) is 0 Å². The van der Waals surface area contributed by atoms with Crippen LogP contribution in [0.25, 0.3) is 0 Å². The van der Waals surface area contributed by atoms with Crippen LogP contribution in [-0.4, -0.2) is 19.2 Å². The molecule has 1 rings (SSSR count). The zero-order valence-electron chi connectivity index (χ0n) is 27.0. The second kappa shape index (κ2) is 8.99. The Bertz CT molecular complexity index is 827. The molecule has 1 fully saturated rings. The summed E-state index contributed by atoms with van der Waals surface area (Å²) in [6.45, 7) is 41.0. The summed E-state index contributed by atoms with van der Waals surface area (Å²) in [5.41, 5.74) is -1.70. The minimum atomic E-state index is -3.61. The van der Waals surface area contributed by atoms with Crippen LogP contribution in [0.2, 0.25) is 0 Å². The zero-order valence-corrected chi connectivity index (χ0v) is 27.8. The van der Waals surface area contributed by atoms with E-state index in [0.717, 1.165) is 19.3 Å².